The highest BCUT2D eigenvalue weighted by atomic mass is 32.2. The van der Waals surface area contributed by atoms with Gasteiger partial charge in [0, 0.05) is 34.1 Å². The minimum absolute atomic E-state index is 0.0865. The molecule has 0 aromatic heterocycles. The predicted octanol–water partition coefficient (Wildman–Crippen LogP) is 0.256. The number of quaternary nitrogens is 1. The van der Waals surface area contributed by atoms with Crippen LogP contribution in [0.3, 0.4) is 0 Å². The molecule has 8 heteroatoms. The standard InChI is InChI=1S/C18H30N4O3S/c1-14-7-6-10-22(12-14)13-18(23)19-16-11-15(26(24,25)21(4)5)8-9-17(16)20(2)3/h8-9,11,14H,6-7,10,12-13H2,1-5H3,(H,19,23)/p+1/t14-/m1/s1. The van der Waals surface area contributed by atoms with E-state index in [0.29, 0.717) is 18.2 Å². The first-order chi connectivity index (χ1) is 12.1. The second-order valence-corrected chi connectivity index (χ2v) is 9.69. The Balaban J connectivity index is 2.21. The molecule has 146 valence electrons. The van der Waals surface area contributed by atoms with E-state index in [1.807, 2.05) is 19.0 Å². The summed E-state index contributed by atoms with van der Waals surface area (Å²) in [6, 6.07) is 4.83. The number of piperidine rings is 1. The molecule has 0 bridgehead atoms. The van der Waals surface area contributed by atoms with Gasteiger partial charge in [-0.05, 0) is 31.0 Å². The Bertz CT molecular complexity index is 747. The van der Waals surface area contributed by atoms with Crippen molar-refractivity contribution in [2.24, 2.45) is 5.92 Å². The number of benzene rings is 1. The van der Waals surface area contributed by atoms with Crippen molar-refractivity contribution in [1.82, 2.24) is 4.31 Å². The van der Waals surface area contributed by atoms with Crippen molar-refractivity contribution in [3.05, 3.63) is 18.2 Å². The maximum absolute atomic E-state index is 12.5. The predicted molar refractivity (Wildman–Crippen MR) is 104 cm³/mol. The van der Waals surface area contributed by atoms with Crippen LogP contribution < -0.4 is 15.1 Å². The number of likely N-dealkylation sites (tertiary alicyclic amines) is 1. The van der Waals surface area contributed by atoms with E-state index < -0.39 is 10.0 Å². The first kappa shape index (κ1) is 20.7. The number of carbonyl (C=O) groups is 1. The first-order valence-electron chi connectivity index (χ1n) is 8.98. The van der Waals surface area contributed by atoms with Crippen molar-refractivity contribution in [3.8, 4) is 0 Å². The highest BCUT2D eigenvalue weighted by molar-refractivity contribution is 7.89. The summed E-state index contributed by atoms with van der Waals surface area (Å²) in [5, 5.41) is 2.92. The Labute approximate surface area is 157 Å². The van der Waals surface area contributed by atoms with Gasteiger partial charge in [0.1, 0.15) is 0 Å². The average molecular weight is 384 g/mol. The SMILES string of the molecule is C[C@@H]1CCC[NH+](CC(=O)Nc2cc(S(=O)(=O)N(C)C)ccc2N(C)C)C1. The van der Waals surface area contributed by atoms with E-state index in [1.54, 1.807) is 12.1 Å². The molecular formula is C18H31N4O3S+. The van der Waals surface area contributed by atoms with E-state index in [4.69, 9.17) is 0 Å². The number of rotatable bonds is 6. The third-order valence-corrected chi connectivity index (χ3v) is 6.59. The number of nitrogens with zero attached hydrogens (tertiary/aromatic N) is 2. The van der Waals surface area contributed by atoms with Gasteiger partial charge in [0.05, 0.1) is 29.4 Å². The van der Waals surface area contributed by atoms with E-state index in [-0.39, 0.29) is 10.8 Å². The molecule has 2 atom stereocenters. The number of carbonyl (C=O) groups excluding carboxylic acids is 1. The molecular weight excluding hydrogens is 352 g/mol. The molecule has 1 aliphatic rings. The molecule has 0 spiro atoms. The van der Waals surface area contributed by atoms with Gasteiger partial charge in [-0.15, -0.1) is 0 Å². The van der Waals surface area contributed by atoms with Crippen molar-refractivity contribution in [2.45, 2.75) is 24.7 Å². The lowest BCUT2D eigenvalue weighted by Crippen LogP contribution is -3.14. The molecule has 1 amide bonds. The second-order valence-electron chi connectivity index (χ2n) is 7.54. The van der Waals surface area contributed by atoms with Crippen LogP contribution in [0.25, 0.3) is 0 Å². The van der Waals surface area contributed by atoms with Crippen molar-refractivity contribution < 1.29 is 18.1 Å². The molecule has 1 fully saturated rings. The van der Waals surface area contributed by atoms with Gasteiger partial charge in [-0.1, -0.05) is 6.92 Å². The summed E-state index contributed by atoms with van der Waals surface area (Å²) in [4.78, 5) is 15.9. The van der Waals surface area contributed by atoms with Crippen molar-refractivity contribution >= 4 is 27.3 Å². The maximum Gasteiger partial charge on any atom is 0.279 e. The zero-order valence-corrected chi connectivity index (χ0v) is 17.2. The Kier molecular flexibility index (Phi) is 6.65. The smallest absolute Gasteiger partial charge is 0.279 e. The van der Waals surface area contributed by atoms with Gasteiger partial charge in [-0.3, -0.25) is 4.79 Å². The minimum atomic E-state index is -3.55. The molecule has 2 N–H and O–H groups in total. The molecule has 1 unspecified atom stereocenters. The summed E-state index contributed by atoms with van der Waals surface area (Å²) >= 11 is 0. The van der Waals surface area contributed by atoms with Gasteiger partial charge in [-0.25, -0.2) is 12.7 Å². The molecule has 1 aromatic rings. The lowest BCUT2D eigenvalue weighted by Gasteiger charge is -2.27. The van der Waals surface area contributed by atoms with Crippen molar-refractivity contribution in [3.63, 3.8) is 0 Å². The van der Waals surface area contributed by atoms with Crippen LogP contribution in [0.1, 0.15) is 19.8 Å². The normalized spacial score (nSPS) is 20.8. The zero-order chi connectivity index (χ0) is 19.5. The number of amides is 1. The molecule has 0 aliphatic carbocycles. The lowest BCUT2D eigenvalue weighted by molar-refractivity contribution is -0.900. The first-order valence-corrected chi connectivity index (χ1v) is 10.4. The van der Waals surface area contributed by atoms with Gasteiger partial charge in [0.2, 0.25) is 10.0 Å². The molecule has 2 rings (SSSR count). The van der Waals surface area contributed by atoms with Crippen LogP contribution in [-0.2, 0) is 14.8 Å². The molecule has 26 heavy (non-hydrogen) atoms. The van der Waals surface area contributed by atoms with E-state index >= 15 is 0 Å². The largest absolute Gasteiger partial charge is 0.376 e. The summed E-state index contributed by atoms with van der Waals surface area (Å²) in [6.07, 6.45) is 2.36. The molecule has 1 aromatic carbocycles. The molecule has 0 saturated carbocycles. The van der Waals surface area contributed by atoms with E-state index in [9.17, 15) is 13.2 Å². The number of hydrogen-bond donors (Lipinski definition) is 2. The molecule has 1 heterocycles. The fourth-order valence-electron chi connectivity index (χ4n) is 3.36. The van der Waals surface area contributed by atoms with Crippen molar-refractivity contribution in [1.29, 1.82) is 0 Å². The Morgan fingerprint density at radius 2 is 1.96 bits per heavy atom. The van der Waals surface area contributed by atoms with Gasteiger partial charge >= 0.3 is 0 Å². The van der Waals surface area contributed by atoms with Crippen LogP contribution in [0.2, 0.25) is 0 Å². The fraction of sp³-hybridized carbons (Fsp3) is 0.611. The Morgan fingerprint density at radius 3 is 2.54 bits per heavy atom. The monoisotopic (exact) mass is 383 g/mol. The van der Waals surface area contributed by atoms with E-state index in [0.717, 1.165) is 25.2 Å². The van der Waals surface area contributed by atoms with Gasteiger partial charge < -0.3 is 15.1 Å². The van der Waals surface area contributed by atoms with Crippen LogP contribution in [0.5, 0.6) is 0 Å². The lowest BCUT2D eigenvalue weighted by atomic mass is 10.0. The highest BCUT2D eigenvalue weighted by Crippen LogP contribution is 2.28. The van der Waals surface area contributed by atoms with Gasteiger partial charge in [0.15, 0.2) is 6.54 Å². The molecule has 7 nitrogen and oxygen atoms in total. The minimum Gasteiger partial charge on any atom is -0.376 e. The number of anilines is 2. The summed E-state index contributed by atoms with van der Waals surface area (Å²) in [5.41, 5.74) is 1.30. The molecule has 1 aliphatic heterocycles. The second kappa shape index (κ2) is 8.37. The zero-order valence-electron chi connectivity index (χ0n) is 16.4. The third kappa shape index (κ3) is 4.96. The van der Waals surface area contributed by atoms with Crippen molar-refractivity contribution in [2.75, 3.05) is 58.0 Å². The Morgan fingerprint density at radius 1 is 1.27 bits per heavy atom. The highest BCUT2D eigenvalue weighted by Gasteiger charge is 2.24. The number of hydrogen-bond acceptors (Lipinski definition) is 4. The summed E-state index contributed by atoms with van der Waals surface area (Å²) in [5.74, 6) is 0.550. The number of sulfonamides is 1. The van der Waals surface area contributed by atoms with Gasteiger partial charge in [0.25, 0.3) is 5.91 Å². The quantitative estimate of drug-likeness (QED) is 0.739. The van der Waals surface area contributed by atoms with Crippen LogP contribution in [-0.4, -0.2) is 66.5 Å². The average Bonchev–Trinajstić information content (AvgIpc) is 2.54. The fourth-order valence-corrected chi connectivity index (χ4v) is 4.28. The molecule has 1 saturated heterocycles. The van der Waals surface area contributed by atoms with Crippen LogP contribution in [0, 0.1) is 5.92 Å². The maximum atomic E-state index is 12.5. The van der Waals surface area contributed by atoms with Crippen LogP contribution in [0.4, 0.5) is 11.4 Å². The molecule has 0 radical (unpaired) electrons. The van der Waals surface area contributed by atoms with Crippen LogP contribution >= 0.6 is 0 Å². The summed E-state index contributed by atoms with van der Waals surface area (Å²) in [7, 11) is 3.16. The third-order valence-electron chi connectivity index (χ3n) is 4.78. The summed E-state index contributed by atoms with van der Waals surface area (Å²) in [6.45, 7) is 4.63. The summed E-state index contributed by atoms with van der Waals surface area (Å²) < 4.78 is 26.0. The van der Waals surface area contributed by atoms with Gasteiger partial charge in [-0.2, -0.15) is 0 Å². The van der Waals surface area contributed by atoms with Crippen LogP contribution in [0.15, 0.2) is 23.1 Å². The van der Waals surface area contributed by atoms with E-state index in [1.165, 1.54) is 35.8 Å². The topological polar surface area (TPSA) is 74.2 Å². The number of nitrogens with one attached hydrogen (secondary N) is 2. The van der Waals surface area contributed by atoms with E-state index in [2.05, 4.69) is 12.2 Å². The Hall–Kier alpha value is -1.64.